The maximum absolute atomic E-state index is 13.9. The SMILES string of the molecule is CNC(C)C(=O)N[C@H](C(=O)N1CCC[C@H]1c1cncc(-c2cccc(C)c2)c1)C1CCCCC1. The largest absolute Gasteiger partial charge is 0.343 e. The molecule has 2 fully saturated rings. The van der Waals surface area contributed by atoms with Crippen LogP contribution in [0.5, 0.6) is 0 Å². The average Bonchev–Trinajstić information content (AvgIpc) is 3.37. The zero-order valence-corrected chi connectivity index (χ0v) is 20.7. The second-order valence-electron chi connectivity index (χ2n) is 9.96. The van der Waals surface area contributed by atoms with Crippen molar-refractivity contribution in [3.63, 3.8) is 0 Å². The van der Waals surface area contributed by atoms with Crippen LogP contribution in [0.15, 0.2) is 42.7 Å². The Morgan fingerprint density at radius 3 is 2.56 bits per heavy atom. The fraction of sp³-hybridized carbons (Fsp3) is 0.536. The number of amides is 2. The van der Waals surface area contributed by atoms with E-state index in [1.165, 1.54) is 12.0 Å². The highest BCUT2D eigenvalue weighted by Gasteiger charge is 2.39. The van der Waals surface area contributed by atoms with Crippen molar-refractivity contribution in [1.29, 1.82) is 0 Å². The van der Waals surface area contributed by atoms with E-state index in [2.05, 4.69) is 52.9 Å². The van der Waals surface area contributed by atoms with Crippen molar-refractivity contribution in [1.82, 2.24) is 20.5 Å². The quantitative estimate of drug-likeness (QED) is 0.640. The lowest BCUT2D eigenvalue weighted by atomic mass is 9.83. The number of aromatic nitrogens is 1. The van der Waals surface area contributed by atoms with E-state index < -0.39 is 6.04 Å². The molecule has 1 aromatic carbocycles. The van der Waals surface area contributed by atoms with Gasteiger partial charge in [0.05, 0.1) is 12.1 Å². The molecule has 0 spiro atoms. The Hall–Kier alpha value is -2.73. The molecule has 6 heteroatoms. The van der Waals surface area contributed by atoms with E-state index in [0.29, 0.717) is 0 Å². The van der Waals surface area contributed by atoms with Crippen LogP contribution in [0.1, 0.15) is 69.0 Å². The van der Waals surface area contributed by atoms with Gasteiger partial charge < -0.3 is 15.5 Å². The third kappa shape index (κ3) is 5.49. The minimum Gasteiger partial charge on any atom is -0.343 e. The summed E-state index contributed by atoms with van der Waals surface area (Å²) in [5.41, 5.74) is 4.49. The Kier molecular flexibility index (Phi) is 7.99. The first-order valence-corrected chi connectivity index (χ1v) is 12.8. The summed E-state index contributed by atoms with van der Waals surface area (Å²) in [6.07, 6.45) is 11.1. The summed E-state index contributed by atoms with van der Waals surface area (Å²) in [6, 6.07) is 9.79. The van der Waals surface area contributed by atoms with Gasteiger partial charge in [0.2, 0.25) is 11.8 Å². The van der Waals surface area contributed by atoms with Gasteiger partial charge in [0.25, 0.3) is 0 Å². The van der Waals surface area contributed by atoms with Crippen LogP contribution in [0, 0.1) is 12.8 Å². The highest BCUT2D eigenvalue weighted by molar-refractivity contribution is 5.90. The zero-order valence-electron chi connectivity index (χ0n) is 20.7. The van der Waals surface area contributed by atoms with Crippen molar-refractivity contribution >= 4 is 11.8 Å². The number of carbonyl (C=O) groups excluding carboxylic acids is 2. The Morgan fingerprint density at radius 1 is 1.03 bits per heavy atom. The van der Waals surface area contributed by atoms with Crippen molar-refractivity contribution in [2.45, 2.75) is 76.9 Å². The first kappa shape index (κ1) is 24.4. The molecule has 1 aliphatic carbocycles. The number of benzene rings is 1. The van der Waals surface area contributed by atoms with Crippen LogP contribution in [0.3, 0.4) is 0 Å². The number of likely N-dealkylation sites (N-methyl/N-ethyl adjacent to an activating group) is 1. The highest BCUT2D eigenvalue weighted by Crippen LogP contribution is 2.36. The molecule has 3 atom stereocenters. The Labute approximate surface area is 203 Å². The van der Waals surface area contributed by atoms with Crippen LogP contribution in [-0.2, 0) is 9.59 Å². The summed E-state index contributed by atoms with van der Waals surface area (Å²) in [7, 11) is 1.77. The average molecular weight is 463 g/mol. The monoisotopic (exact) mass is 462 g/mol. The van der Waals surface area contributed by atoms with E-state index in [9.17, 15) is 9.59 Å². The molecule has 1 saturated carbocycles. The van der Waals surface area contributed by atoms with Gasteiger partial charge in [-0.3, -0.25) is 14.6 Å². The summed E-state index contributed by atoms with van der Waals surface area (Å²) in [5, 5.41) is 6.12. The lowest BCUT2D eigenvalue weighted by Gasteiger charge is -2.35. The van der Waals surface area contributed by atoms with Gasteiger partial charge in [-0.25, -0.2) is 0 Å². The molecule has 4 rings (SSSR count). The molecule has 6 nitrogen and oxygen atoms in total. The summed E-state index contributed by atoms with van der Waals surface area (Å²) in [4.78, 5) is 33.2. The maximum Gasteiger partial charge on any atom is 0.245 e. The molecule has 1 aromatic heterocycles. The normalized spacial score (nSPS) is 20.7. The van der Waals surface area contributed by atoms with E-state index in [-0.39, 0.29) is 29.8 Å². The Morgan fingerprint density at radius 2 is 1.82 bits per heavy atom. The predicted octanol–water partition coefficient (Wildman–Crippen LogP) is 4.39. The van der Waals surface area contributed by atoms with Gasteiger partial charge in [-0.05, 0) is 69.7 Å². The van der Waals surface area contributed by atoms with E-state index in [0.717, 1.165) is 61.8 Å². The number of aryl methyl sites for hydroxylation is 1. The summed E-state index contributed by atoms with van der Waals surface area (Å²) >= 11 is 0. The van der Waals surface area contributed by atoms with E-state index in [1.807, 2.05) is 24.2 Å². The molecule has 2 aliphatic rings. The number of nitrogens with one attached hydrogen (secondary N) is 2. The minimum absolute atomic E-state index is 0.00512. The number of likely N-dealkylation sites (tertiary alicyclic amines) is 1. The van der Waals surface area contributed by atoms with E-state index >= 15 is 0 Å². The van der Waals surface area contributed by atoms with Gasteiger partial charge in [0, 0.05) is 24.5 Å². The molecule has 2 heterocycles. The van der Waals surface area contributed by atoms with Crippen molar-refractivity contribution < 1.29 is 9.59 Å². The van der Waals surface area contributed by atoms with Crippen LogP contribution in [-0.4, -0.2) is 47.4 Å². The number of pyridine rings is 1. The van der Waals surface area contributed by atoms with E-state index in [1.54, 1.807) is 7.05 Å². The molecule has 182 valence electrons. The van der Waals surface area contributed by atoms with Gasteiger partial charge in [-0.1, -0.05) is 49.1 Å². The Bertz CT molecular complexity index is 1000. The zero-order chi connectivity index (χ0) is 24.1. The third-order valence-electron chi connectivity index (χ3n) is 7.54. The number of carbonyl (C=O) groups is 2. The van der Waals surface area contributed by atoms with E-state index in [4.69, 9.17) is 0 Å². The van der Waals surface area contributed by atoms with Crippen LogP contribution in [0.25, 0.3) is 11.1 Å². The van der Waals surface area contributed by atoms with Gasteiger partial charge in [0.15, 0.2) is 0 Å². The molecule has 1 saturated heterocycles. The Balaban J connectivity index is 1.58. The van der Waals surface area contributed by atoms with Gasteiger partial charge in [-0.2, -0.15) is 0 Å². The first-order valence-electron chi connectivity index (χ1n) is 12.8. The van der Waals surface area contributed by atoms with Crippen LogP contribution in [0.4, 0.5) is 0 Å². The van der Waals surface area contributed by atoms with Crippen LogP contribution >= 0.6 is 0 Å². The molecule has 2 N–H and O–H groups in total. The summed E-state index contributed by atoms with van der Waals surface area (Å²) < 4.78 is 0. The molecule has 2 aromatic rings. The fourth-order valence-electron chi connectivity index (χ4n) is 5.44. The third-order valence-corrected chi connectivity index (χ3v) is 7.54. The van der Waals surface area contributed by atoms with Crippen molar-refractivity contribution in [3.8, 4) is 11.1 Å². The smallest absolute Gasteiger partial charge is 0.245 e. The number of nitrogens with zero attached hydrogens (tertiary/aromatic N) is 2. The second kappa shape index (κ2) is 11.1. The minimum atomic E-state index is -0.461. The van der Waals surface area contributed by atoms with Gasteiger partial charge in [0.1, 0.15) is 6.04 Å². The molecule has 2 amide bonds. The van der Waals surface area contributed by atoms with Gasteiger partial charge in [-0.15, -0.1) is 0 Å². The van der Waals surface area contributed by atoms with Gasteiger partial charge >= 0.3 is 0 Å². The fourth-order valence-corrected chi connectivity index (χ4v) is 5.44. The number of hydrogen-bond donors (Lipinski definition) is 2. The standard InChI is InChI=1S/C28H38N4O2/c1-19-9-7-12-22(15-19)23-16-24(18-30-17-23)25-13-8-14-32(25)28(34)26(21-10-5-4-6-11-21)31-27(33)20(2)29-3/h7,9,12,15-18,20-21,25-26,29H,4-6,8,10-11,13-14H2,1-3H3,(H,31,33)/t20?,25-,26-/m0/s1. The predicted molar refractivity (Wildman–Crippen MR) is 135 cm³/mol. The van der Waals surface area contributed by atoms with Crippen molar-refractivity contribution in [3.05, 3.63) is 53.9 Å². The topological polar surface area (TPSA) is 74.3 Å². The molecular weight excluding hydrogens is 424 g/mol. The maximum atomic E-state index is 13.9. The molecule has 34 heavy (non-hydrogen) atoms. The number of rotatable bonds is 7. The lowest BCUT2D eigenvalue weighted by molar-refractivity contribution is -0.139. The molecular formula is C28H38N4O2. The molecule has 0 radical (unpaired) electrons. The van der Waals surface area contributed by atoms with Crippen molar-refractivity contribution in [2.75, 3.05) is 13.6 Å². The summed E-state index contributed by atoms with van der Waals surface area (Å²) in [6.45, 7) is 4.64. The molecule has 1 unspecified atom stereocenters. The molecule has 1 aliphatic heterocycles. The lowest BCUT2D eigenvalue weighted by Crippen LogP contribution is -2.55. The van der Waals surface area contributed by atoms with Crippen LogP contribution in [0.2, 0.25) is 0 Å². The summed E-state index contributed by atoms with van der Waals surface area (Å²) in [5.74, 6) is 0.157. The molecule has 0 bridgehead atoms. The first-order chi connectivity index (χ1) is 16.5. The second-order valence-corrected chi connectivity index (χ2v) is 9.96. The highest BCUT2D eigenvalue weighted by atomic mass is 16.2. The van der Waals surface area contributed by atoms with Crippen LogP contribution < -0.4 is 10.6 Å². The van der Waals surface area contributed by atoms with Crippen molar-refractivity contribution in [2.24, 2.45) is 5.92 Å². The number of hydrogen-bond acceptors (Lipinski definition) is 4.